The second-order valence-electron chi connectivity index (χ2n) is 9.37. The molecule has 1 unspecified atom stereocenters. The SMILES string of the molecule is CCCCCC[C@@H](C)Oc1ccc(C(=O)Oc2ccc(OCCCCCC(C)CC)cc2)cc1. The van der Waals surface area contributed by atoms with Gasteiger partial charge in [-0.25, -0.2) is 4.79 Å². The predicted molar refractivity (Wildman–Crippen MR) is 140 cm³/mol. The van der Waals surface area contributed by atoms with Crippen molar-refractivity contribution in [3.63, 3.8) is 0 Å². The van der Waals surface area contributed by atoms with Crippen LogP contribution in [-0.2, 0) is 0 Å². The van der Waals surface area contributed by atoms with Crippen molar-refractivity contribution < 1.29 is 19.0 Å². The van der Waals surface area contributed by atoms with Crippen LogP contribution < -0.4 is 14.2 Å². The van der Waals surface area contributed by atoms with Gasteiger partial charge in [-0.3, -0.25) is 0 Å². The molecule has 4 nitrogen and oxygen atoms in total. The summed E-state index contributed by atoms with van der Waals surface area (Å²) in [6.07, 6.45) is 12.2. The Kier molecular flexibility index (Phi) is 13.2. The maximum Gasteiger partial charge on any atom is 0.343 e. The first-order valence-electron chi connectivity index (χ1n) is 13.2. The Morgan fingerprint density at radius 1 is 0.735 bits per heavy atom. The summed E-state index contributed by atoms with van der Waals surface area (Å²) in [5, 5.41) is 0. The molecule has 0 saturated heterocycles. The zero-order valence-electron chi connectivity index (χ0n) is 21.7. The van der Waals surface area contributed by atoms with E-state index in [1.54, 1.807) is 24.3 Å². The van der Waals surface area contributed by atoms with Crippen LogP contribution in [0.1, 0.15) is 102 Å². The second kappa shape index (κ2) is 16.2. The molecule has 4 heteroatoms. The van der Waals surface area contributed by atoms with Crippen LogP contribution in [0, 0.1) is 5.92 Å². The predicted octanol–water partition coefficient (Wildman–Crippen LogP) is 8.63. The highest BCUT2D eigenvalue weighted by Gasteiger charge is 2.10. The Morgan fingerprint density at radius 2 is 1.35 bits per heavy atom. The highest BCUT2D eigenvalue weighted by atomic mass is 16.5. The van der Waals surface area contributed by atoms with E-state index in [4.69, 9.17) is 14.2 Å². The van der Waals surface area contributed by atoms with Gasteiger partial charge in [0.05, 0.1) is 18.3 Å². The molecule has 2 aromatic rings. The summed E-state index contributed by atoms with van der Waals surface area (Å²) in [6, 6.07) is 14.4. The van der Waals surface area contributed by atoms with Crippen molar-refractivity contribution in [3.8, 4) is 17.2 Å². The first kappa shape index (κ1) is 27.8. The number of carbonyl (C=O) groups is 1. The summed E-state index contributed by atoms with van der Waals surface area (Å²) in [7, 11) is 0. The summed E-state index contributed by atoms with van der Waals surface area (Å²) in [4.78, 5) is 12.5. The first-order chi connectivity index (χ1) is 16.5. The van der Waals surface area contributed by atoms with E-state index in [0.29, 0.717) is 17.9 Å². The van der Waals surface area contributed by atoms with E-state index < -0.39 is 0 Å². The van der Waals surface area contributed by atoms with Gasteiger partial charge in [-0.15, -0.1) is 0 Å². The number of hydrogen-bond acceptors (Lipinski definition) is 4. The van der Waals surface area contributed by atoms with E-state index in [-0.39, 0.29) is 12.1 Å². The van der Waals surface area contributed by atoms with Crippen molar-refractivity contribution in [1.82, 2.24) is 0 Å². The maximum atomic E-state index is 12.5. The lowest BCUT2D eigenvalue weighted by Crippen LogP contribution is -2.12. The monoisotopic (exact) mass is 468 g/mol. The average molecular weight is 469 g/mol. The number of esters is 1. The lowest BCUT2D eigenvalue weighted by Gasteiger charge is -2.15. The Bertz CT molecular complexity index is 798. The lowest BCUT2D eigenvalue weighted by atomic mass is 10.0. The molecular formula is C30H44O4. The minimum absolute atomic E-state index is 0.167. The van der Waals surface area contributed by atoms with Gasteiger partial charge in [0.15, 0.2) is 0 Å². The van der Waals surface area contributed by atoms with Crippen molar-refractivity contribution in [2.24, 2.45) is 5.92 Å². The Labute approximate surface area is 207 Å². The molecular weight excluding hydrogens is 424 g/mol. The zero-order valence-corrected chi connectivity index (χ0v) is 21.7. The molecule has 0 aliphatic heterocycles. The Morgan fingerprint density at radius 3 is 2.03 bits per heavy atom. The molecule has 2 atom stereocenters. The third-order valence-electron chi connectivity index (χ3n) is 6.23. The van der Waals surface area contributed by atoms with Crippen molar-refractivity contribution in [2.75, 3.05) is 6.61 Å². The Hall–Kier alpha value is -2.49. The van der Waals surface area contributed by atoms with Gasteiger partial charge in [0.25, 0.3) is 0 Å². The highest BCUT2D eigenvalue weighted by Crippen LogP contribution is 2.21. The molecule has 0 aliphatic rings. The number of rotatable bonds is 17. The minimum Gasteiger partial charge on any atom is -0.494 e. The van der Waals surface area contributed by atoms with Crippen molar-refractivity contribution in [1.29, 1.82) is 0 Å². The van der Waals surface area contributed by atoms with Gasteiger partial charge in [-0.1, -0.05) is 65.7 Å². The van der Waals surface area contributed by atoms with Gasteiger partial charge in [-0.2, -0.15) is 0 Å². The number of unbranched alkanes of at least 4 members (excludes halogenated alkanes) is 5. The minimum atomic E-state index is -0.380. The van der Waals surface area contributed by atoms with Gasteiger partial charge in [0.2, 0.25) is 0 Å². The standard InChI is InChI=1S/C30H44O4/c1-5-7-8-11-14-25(4)33-28-17-15-26(16-18-28)30(31)34-29-21-19-27(20-22-29)32-23-12-9-10-13-24(3)6-2/h15-22,24-25H,5-14,23H2,1-4H3/t24?,25-/m1/s1. The molecule has 0 heterocycles. The molecule has 188 valence electrons. The van der Waals surface area contributed by atoms with Gasteiger partial charge >= 0.3 is 5.97 Å². The fraction of sp³-hybridized carbons (Fsp3) is 0.567. The van der Waals surface area contributed by atoms with Gasteiger partial charge in [0.1, 0.15) is 17.2 Å². The van der Waals surface area contributed by atoms with E-state index >= 15 is 0 Å². The molecule has 2 rings (SSSR count). The molecule has 0 fully saturated rings. The van der Waals surface area contributed by atoms with E-state index in [0.717, 1.165) is 30.3 Å². The van der Waals surface area contributed by atoms with Gasteiger partial charge < -0.3 is 14.2 Å². The van der Waals surface area contributed by atoms with Crippen LogP contribution in [0.15, 0.2) is 48.5 Å². The fourth-order valence-corrected chi connectivity index (χ4v) is 3.76. The van der Waals surface area contributed by atoms with Gasteiger partial charge in [0, 0.05) is 0 Å². The van der Waals surface area contributed by atoms with Crippen LogP contribution >= 0.6 is 0 Å². The third kappa shape index (κ3) is 11.1. The first-order valence-corrected chi connectivity index (χ1v) is 13.2. The van der Waals surface area contributed by atoms with Crippen molar-refractivity contribution in [2.45, 2.75) is 98.0 Å². The summed E-state index contributed by atoms with van der Waals surface area (Å²) in [5.74, 6) is 2.52. The number of benzene rings is 2. The molecule has 0 saturated carbocycles. The number of carbonyl (C=O) groups excluding carboxylic acids is 1. The summed E-state index contributed by atoms with van der Waals surface area (Å²) < 4.78 is 17.3. The van der Waals surface area contributed by atoms with Crippen LogP contribution in [0.2, 0.25) is 0 Å². The Balaban J connectivity index is 1.70. The molecule has 0 spiro atoms. The maximum absolute atomic E-state index is 12.5. The fourth-order valence-electron chi connectivity index (χ4n) is 3.76. The van der Waals surface area contributed by atoms with E-state index in [1.807, 2.05) is 24.3 Å². The van der Waals surface area contributed by atoms with Crippen molar-refractivity contribution >= 4 is 5.97 Å². The van der Waals surface area contributed by atoms with Crippen LogP contribution in [0.5, 0.6) is 17.2 Å². The molecule has 0 N–H and O–H groups in total. The molecule has 0 aliphatic carbocycles. The molecule has 34 heavy (non-hydrogen) atoms. The average Bonchev–Trinajstić information content (AvgIpc) is 2.85. The van der Waals surface area contributed by atoms with E-state index in [1.165, 1.54) is 51.4 Å². The molecule has 0 amide bonds. The molecule has 0 radical (unpaired) electrons. The quantitative estimate of drug-likeness (QED) is 0.132. The number of hydrogen-bond donors (Lipinski definition) is 0. The summed E-state index contributed by atoms with van der Waals surface area (Å²) in [5.41, 5.74) is 0.501. The lowest BCUT2D eigenvalue weighted by molar-refractivity contribution is 0.0734. The van der Waals surface area contributed by atoms with Crippen LogP contribution in [0.4, 0.5) is 0 Å². The largest absolute Gasteiger partial charge is 0.494 e. The summed E-state index contributed by atoms with van der Waals surface area (Å²) >= 11 is 0. The number of ether oxygens (including phenoxy) is 3. The smallest absolute Gasteiger partial charge is 0.343 e. The van der Waals surface area contributed by atoms with E-state index in [9.17, 15) is 4.79 Å². The summed E-state index contributed by atoms with van der Waals surface area (Å²) in [6.45, 7) is 9.58. The molecule has 0 bridgehead atoms. The van der Waals surface area contributed by atoms with Crippen molar-refractivity contribution in [3.05, 3.63) is 54.1 Å². The van der Waals surface area contributed by atoms with Crippen LogP contribution in [0.3, 0.4) is 0 Å². The van der Waals surface area contributed by atoms with Crippen LogP contribution in [-0.4, -0.2) is 18.7 Å². The highest BCUT2D eigenvalue weighted by molar-refractivity contribution is 5.91. The zero-order chi connectivity index (χ0) is 24.6. The topological polar surface area (TPSA) is 44.8 Å². The molecule has 0 aromatic heterocycles. The van der Waals surface area contributed by atoms with E-state index in [2.05, 4.69) is 27.7 Å². The third-order valence-corrected chi connectivity index (χ3v) is 6.23. The normalized spacial score (nSPS) is 12.7. The molecule has 2 aromatic carbocycles. The van der Waals surface area contributed by atoms with Gasteiger partial charge in [-0.05, 0) is 80.6 Å². The second-order valence-corrected chi connectivity index (χ2v) is 9.37. The van der Waals surface area contributed by atoms with Crippen LogP contribution in [0.25, 0.3) is 0 Å².